The molecule has 0 saturated carbocycles. The van der Waals surface area contributed by atoms with E-state index in [-0.39, 0.29) is 18.2 Å². The molecule has 1 N–H and O–H groups in total. The van der Waals surface area contributed by atoms with Crippen LogP contribution in [0.2, 0.25) is 0 Å². The lowest BCUT2D eigenvalue weighted by Gasteiger charge is -2.21. The molecule has 0 radical (unpaired) electrons. The number of halogens is 2. The van der Waals surface area contributed by atoms with Crippen molar-refractivity contribution in [1.82, 2.24) is 4.90 Å². The maximum atomic E-state index is 12.0. The van der Waals surface area contributed by atoms with Crippen molar-refractivity contribution in [3.8, 4) is 5.75 Å². The van der Waals surface area contributed by atoms with E-state index in [0.717, 1.165) is 5.57 Å². The third kappa shape index (κ3) is 6.25. The minimum atomic E-state index is -2.84. The molecule has 0 saturated heterocycles. The molecule has 0 heterocycles. The molecule has 6 heteroatoms. The predicted octanol–water partition coefficient (Wildman–Crippen LogP) is 3.12. The lowest BCUT2D eigenvalue weighted by atomic mass is 10.3. The van der Waals surface area contributed by atoms with Crippen molar-refractivity contribution >= 4 is 11.6 Å². The Balaban J connectivity index is 2.50. The first-order valence-electron chi connectivity index (χ1n) is 6.63. The van der Waals surface area contributed by atoms with Gasteiger partial charge in [0.05, 0.1) is 6.54 Å². The number of carbonyl (C=O) groups excluding carboxylic acids is 1. The summed E-state index contributed by atoms with van der Waals surface area (Å²) in [5.74, 6) is 0.0350. The summed E-state index contributed by atoms with van der Waals surface area (Å²) < 4.78 is 28.3. The predicted molar refractivity (Wildman–Crippen MR) is 78.6 cm³/mol. The Labute approximate surface area is 123 Å². The highest BCUT2D eigenvalue weighted by atomic mass is 19.3. The second kappa shape index (κ2) is 8.24. The number of hydrogen-bond donors (Lipinski definition) is 1. The van der Waals surface area contributed by atoms with E-state index in [9.17, 15) is 13.6 Å². The van der Waals surface area contributed by atoms with Crippen LogP contribution in [0.1, 0.15) is 13.8 Å². The first kappa shape index (κ1) is 16.9. The maximum absolute atomic E-state index is 12.0. The van der Waals surface area contributed by atoms with Gasteiger partial charge >= 0.3 is 6.61 Å². The SMILES string of the molecule is C=C(C)CN(CC)C(=O)CNc1ccc(OC(F)F)cc1. The van der Waals surface area contributed by atoms with Gasteiger partial charge in [0.25, 0.3) is 0 Å². The zero-order valence-corrected chi connectivity index (χ0v) is 12.2. The number of nitrogens with zero attached hydrogens (tertiary/aromatic N) is 1. The molecule has 0 atom stereocenters. The fraction of sp³-hybridized carbons (Fsp3) is 0.400. The fourth-order valence-electron chi connectivity index (χ4n) is 1.75. The molecule has 21 heavy (non-hydrogen) atoms. The third-order valence-corrected chi connectivity index (χ3v) is 2.72. The van der Waals surface area contributed by atoms with Gasteiger partial charge in [0.2, 0.25) is 5.91 Å². The Morgan fingerprint density at radius 3 is 2.48 bits per heavy atom. The number of rotatable bonds is 8. The number of anilines is 1. The van der Waals surface area contributed by atoms with Crippen LogP contribution in [0.5, 0.6) is 5.75 Å². The van der Waals surface area contributed by atoms with Crippen LogP contribution in [0.25, 0.3) is 0 Å². The van der Waals surface area contributed by atoms with Crippen LogP contribution in [0.3, 0.4) is 0 Å². The van der Waals surface area contributed by atoms with Gasteiger partial charge in [0.1, 0.15) is 5.75 Å². The lowest BCUT2D eigenvalue weighted by Crippen LogP contribution is -2.36. The van der Waals surface area contributed by atoms with E-state index >= 15 is 0 Å². The Morgan fingerprint density at radius 2 is 2.00 bits per heavy atom. The van der Waals surface area contributed by atoms with Crippen LogP contribution >= 0.6 is 0 Å². The molecule has 0 aliphatic heterocycles. The highest BCUT2D eigenvalue weighted by molar-refractivity contribution is 5.81. The minimum Gasteiger partial charge on any atom is -0.435 e. The monoisotopic (exact) mass is 298 g/mol. The smallest absolute Gasteiger partial charge is 0.387 e. The summed E-state index contributed by atoms with van der Waals surface area (Å²) in [6, 6.07) is 6.01. The van der Waals surface area contributed by atoms with E-state index in [1.807, 2.05) is 13.8 Å². The van der Waals surface area contributed by atoms with Gasteiger partial charge in [-0.1, -0.05) is 12.2 Å². The number of alkyl halides is 2. The summed E-state index contributed by atoms with van der Waals surface area (Å²) in [6.07, 6.45) is 0. The van der Waals surface area contributed by atoms with Crippen molar-refractivity contribution in [2.75, 3.05) is 25.0 Å². The van der Waals surface area contributed by atoms with Gasteiger partial charge < -0.3 is 15.0 Å². The number of likely N-dealkylation sites (N-methyl/N-ethyl adjacent to an activating group) is 1. The zero-order valence-electron chi connectivity index (χ0n) is 12.2. The second-order valence-corrected chi connectivity index (χ2v) is 4.62. The van der Waals surface area contributed by atoms with Crippen LogP contribution in [-0.2, 0) is 4.79 Å². The van der Waals surface area contributed by atoms with E-state index in [1.165, 1.54) is 12.1 Å². The quantitative estimate of drug-likeness (QED) is 0.750. The molecule has 1 aromatic carbocycles. The first-order chi connectivity index (χ1) is 9.92. The Bertz CT molecular complexity index is 475. The molecule has 0 fully saturated rings. The van der Waals surface area contributed by atoms with Gasteiger partial charge in [-0.05, 0) is 38.1 Å². The van der Waals surface area contributed by atoms with Crippen molar-refractivity contribution in [3.05, 3.63) is 36.4 Å². The molecular formula is C15H20F2N2O2. The third-order valence-electron chi connectivity index (χ3n) is 2.72. The molecular weight excluding hydrogens is 278 g/mol. The maximum Gasteiger partial charge on any atom is 0.387 e. The van der Waals surface area contributed by atoms with Gasteiger partial charge in [0, 0.05) is 18.8 Å². The normalized spacial score (nSPS) is 10.3. The van der Waals surface area contributed by atoms with E-state index in [2.05, 4.69) is 16.6 Å². The molecule has 0 aliphatic carbocycles. The summed E-state index contributed by atoms with van der Waals surface area (Å²) in [5.41, 5.74) is 1.58. The standard InChI is InChI=1S/C15H20F2N2O2/c1-4-19(10-11(2)3)14(20)9-18-12-5-7-13(8-6-12)21-15(16)17/h5-8,15,18H,2,4,9-10H2,1,3H3. The number of carbonyl (C=O) groups is 1. The molecule has 0 spiro atoms. The first-order valence-corrected chi connectivity index (χ1v) is 6.63. The highest BCUT2D eigenvalue weighted by Crippen LogP contribution is 2.17. The molecule has 0 aromatic heterocycles. The van der Waals surface area contributed by atoms with E-state index in [4.69, 9.17) is 0 Å². The van der Waals surface area contributed by atoms with Gasteiger partial charge in [-0.15, -0.1) is 0 Å². The van der Waals surface area contributed by atoms with Crippen molar-refractivity contribution in [3.63, 3.8) is 0 Å². The molecule has 0 bridgehead atoms. The molecule has 0 unspecified atom stereocenters. The van der Waals surface area contributed by atoms with Gasteiger partial charge in [-0.25, -0.2) is 0 Å². The molecule has 1 rings (SSSR count). The van der Waals surface area contributed by atoms with Crippen LogP contribution in [0.4, 0.5) is 14.5 Å². The highest BCUT2D eigenvalue weighted by Gasteiger charge is 2.11. The Kier molecular flexibility index (Phi) is 6.65. The van der Waals surface area contributed by atoms with Gasteiger partial charge in [-0.2, -0.15) is 8.78 Å². The summed E-state index contributed by atoms with van der Waals surface area (Å²) in [4.78, 5) is 13.7. The Hall–Kier alpha value is -2.11. The number of amides is 1. The largest absolute Gasteiger partial charge is 0.435 e. The summed E-state index contributed by atoms with van der Waals surface area (Å²) in [7, 11) is 0. The van der Waals surface area contributed by atoms with E-state index in [0.29, 0.717) is 18.8 Å². The molecule has 1 amide bonds. The van der Waals surface area contributed by atoms with Crippen LogP contribution in [0, 0.1) is 0 Å². The lowest BCUT2D eigenvalue weighted by molar-refractivity contribution is -0.128. The summed E-state index contributed by atoms with van der Waals surface area (Å²) in [5, 5.41) is 2.95. The van der Waals surface area contributed by atoms with E-state index in [1.54, 1.807) is 17.0 Å². The topological polar surface area (TPSA) is 41.6 Å². The van der Waals surface area contributed by atoms with E-state index < -0.39 is 6.61 Å². The van der Waals surface area contributed by atoms with Gasteiger partial charge in [-0.3, -0.25) is 4.79 Å². The number of ether oxygens (including phenoxy) is 1. The van der Waals surface area contributed by atoms with Crippen molar-refractivity contribution < 1.29 is 18.3 Å². The van der Waals surface area contributed by atoms with Crippen LogP contribution in [0.15, 0.2) is 36.4 Å². The average molecular weight is 298 g/mol. The molecule has 116 valence electrons. The number of hydrogen-bond acceptors (Lipinski definition) is 3. The van der Waals surface area contributed by atoms with Crippen molar-refractivity contribution in [1.29, 1.82) is 0 Å². The zero-order chi connectivity index (χ0) is 15.8. The number of nitrogens with one attached hydrogen (secondary N) is 1. The fourth-order valence-corrected chi connectivity index (χ4v) is 1.75. The average Bonchev–Trinajstić information content (AvgIpc) is 2.42. The van der Waals surface area contributed by atoms with Crippen LogP contribution in [-0.4, -0.2) is 37.1 Å². The molecule has 0 aliphatic rings. The van der Waals surface area contributed by atoms with Crippen LogP contribution < -0.4 is 10.1 Å². The second-order valence-electron chi connectivity index (χ2n) is 4.62. The molecule has 4 nitrogen and oxygen atoms in total. The van der Waals surface area contributed by atoms with Gasteiger partial charge in [0.15, 0.2) is 0 Å². The minimum absolute atomic E-state index is 0.0478. The number of benzene rings is 1. The van der Waals surface area contributed by atoms with Crippen molar-refractivity contribution in [2.24, 2.45) is 0 Å². The summed E-state index contributed by atoms with van der Waals surface area (Å²) >= 11 is 0. The molecule has 1 aromatic rings. The van der Waals surface area contributed by atoms with Crippen molar-refractivity contribution in [2.45, 2.75) is 20.5 Å². The Morgan fingerprint density at radius 1 is 1.38 bits per heavy atom. The summed E-state index contributed by atoms with van der Waals surface area (Å²) in [6.45, 7) is 5.98.